The Hall–Kier alpha value is -1.55. The van der Waals surface area contributed by atoms with Crippen LogP contribution >= 0.6 is 0 Å². The van der Waals surface area contributed by atoms with E-state index < -0.39 is 0 Å². The molecule has 0 spiro atoms. The quantitative estimate of drug-likeness (QED) is 0.847. The molecule has 0 aromatic carbocycles. The maximum Gasteiger partial charge on any atom is 0.0928 e. The van der Waals surface area contributed by atoms with E-state index in [1.165, 1.54) is 11.3 Å². The molecular weight excluding hydrogens is 202 g/mol. The van der Waals surface area contributed by atoms with E-state index in [1.54, 1.807) is 4.68 Å². The van der Waals surface area contributed by atoms with Crippen molar-refractivity contribution in [1.29, 1.82) is 0 Å². The van der Waals surface area contributed by atoms with Gasteiger partial charge in [0, 0.05) is 30.7 Å². The first kappa shape index (κ1) is 11.0. The van der Waals surface area contributed by atoms with Crippen LogP contribution in [0.1, 0.15) is 22.5 Å². The van der Waals surface area contributed by atoms with Gasteiger partial charge in [0.2, 0.25) is 0 Å². The Balaban J connectivity index is 2.29. The standard InChI is InChI=1S/C12H17N3O/c1-9-4-5-15(10(9)2)7-11-6-14(3)13-12(11)8-16/h4-6,16H,7-8H2,1-3H3. The van der Waals surface area contributed by atoms with Crippen LogP contribution in [-0.2, 0) is 20.2 Å². The molecule has 2 heterocycles. The molecule has 4 heteroatoms. The van der Waals surface area contributed by atoms with Crippen LogP contribution in [0.3, 0.4) is 0 Å². The summed E-state index contributed by atoms with van der Waals surface area (Å²) < 4.78 is 3.91. The van der Waals surface area contributed by atoms with E-state index in [0.717, 1.165) is 17.8 Å². The van der Waals surface area contributed by atoms with E-state index in [1.807, 2.05) is 13.2 Å². The summed E-state index contributed by atoms with van der Waals surface area (Å²) in [5, 5.41) is 13.4. The molecule has 0 saturated heterocycles. The molecular formula is C12H17N3O. The average molecular weight is 219 g/mol. The molecule has 2 rings (SSSR count). The first-order valence-corrected chi connectivity index (χ1v) is 5.36. The SMILES string of the molecule is Cc1ccn(Cc2cn(C)nc2CO)c1C. The highest BCUT2D eigenvalue weighted by Crippen LogP contribution is 2.13. The summed E-state index contributed by atoms with van der Waals surface area (Å²) in [5.41, 5.74) is 4.37. The Morgan fingerprint density at radius 3 is 2.69 bits per heavy atom. The number of aryl methyl sites for hydroxylation is 2. The van der Waals surface area contributed by atoms with Gasteiger partial charge in [-0.2, -0.15) is 5.10 Å². The highest BCUT2D eigenvalue weighted by atomic mass is 16.3. The third-order valence-electron chi connectivity index (χ3n) is 2.99. The fourth-order valence-corrected chi connectivity index (χ4v) is 1.86. The number of aromatic nitrogens is 3. The molecule has 1 N–H and O–H groups in total. The van der Waals surface area contributed by atoms with Crippen LogP contribution in [0.2, 0.25) is 0 Å². The van der Waals surface area contributed by atoms with Crippen molar-refractivity contribution >= 4 is 0 Å². The fraction of sp³-hybridized carbons (Fsp3) is 0.417. The van der Waals surface area contributed by atoms with Crippen LogP contribution in [-0.4, -0.2) is 19.5 Å². The van der Waals surface area contributed by atoms with Crippen LogP contribution in [0.15, 0.2) is 18.5 Å². The third-order valence-corrected chi connectivity index (χ3v) is 2.99. The van der Waals surface area contributed by atoms with Crippen molar-refractivity contribution in [2.45, 2.75) is 27.0 Å². The zero-order chi connectivity index (χ0) is 11.7. The summed E-state index contributed by atoms with van der Waals surface area (Å²) in [4.78, 5) is 0. The van der Waals surface area contributed by atoms with Crippen molar-refractivity contribution in [3.63, 3.8) is 0 Å². The van der Waals surface area contributed by atoms with Gasteiger partial charge in [0.15, 0.2) is 0 Å². The topological polar surface area (TPSA) is 43.0 Å². The molecule has 2 aromatic rings. The van der Waals surface area contributed by atoms with Crippen molar-refractivity contribution in [2.24, 2.45) is 7.05 Å². The van der Waals surface area contributed by atoms with Crippen molar-refractivity contribution in [1.82, 2.24) is 14.3 Å². The molecule has 0 unspecified atom stereocenters. The van der Waals surface area contributed by atoms with Gasteiger partial charge in [-0.15, -0.1) is 0 Å². The van der Waals surface area contributed by atoms with Gasteiger partial charge in [-0.1, -0.05) is 0 Å². The molecule has 2 aromatic heterocycles. The molecule has 16 heavy (non-hydrogen) atoms. The minimum absolute atomic E-state index is 0.00449. The molecule has 86 valence electrons. The monoisotopic (exact) mass is 219 g/mol. The predicted molar refractivity (Wildman–Crippen MR) is 62.1 cm³/mol. The van der Waals surface area contributed by atoms with E-state index in [0.29, 0.717) is 0 Å². The Labute approximate surface area is 95.1 Å². The third kappa shape index (κ3) is 1.88. The van der Waals surface area contributed by atoms with Crippen molar-refractivity contribution < 1.29 is 5.11 Å². The lowest BCUT2D eigenvalue weighted by atomic mass is 10.2. The van der Waals surface area contributed by atoms with Crippen molar-refractivity contribution in [3.8, 4) is 0 Å². The van der Waals surface area contributed by atoms with Gasteiger partial charge in [-0.3, -0.25) is 4.68 Å². The summed E-state index contributed by atoms with van der Waals surface area (Å²) in [7, 11) is 1.87. The molecule has 4 nitrogen and oxygen atoms in total. The van der Waals surface area contributed by atoms with E-state index in [2.05, 4.69) is 35.8 Å². The van der Waals surface area contributed by atoms with E-state index >= 15 is 0 Å². The first-order valence-electron chi connectivity index (χ1n) is 5.36. The van der Waals surface area contributed by atoms with E-state index in [4.69, 9.17) is 0 Å². The number of nitrogens with zero attached hydrogens (tertiary/aromatic N) is 3. The molecule has 0 fully saturated rings. The van der Waals surface area contributed by atoms with Crippen molar-refractivity contribution in [2.75, 3.05) is 0 Å². The summed E-state index contributed by atoms with van der Waals surface area (Å²) in [5.74, 6) is 0. The normalized spacial score (nSPS) is 11.0. The second kappa shape index (κ2) is 4.14. The van der Waals surface area contributed by atoms with Crippen molar-refractivity contribution in [3.05, 3.63) is 41.0 Å². The molecule has 0 bridgehead atoms. The number of aliphatic hydroxyl groups is 1. The second-order valence-electron chi connectivity index (χ2n) is 4.14. The Morgan fingerprint density at radius 2 is 2.12 bits per heavy atom. The maximum absolute atomic E-state index is 9.20. The minimum Gasteiger partial charge on any atom is -0.390 e. The zero-order valence-corrected chi connectivity index (χ0v) is 9.94. The summed E-state index contributed by atoms with van der Waals surface area (Å²) in [6.45, 7) is 4.96. The lowest BCUT2D eigenvalue weighted by Crippen LogP contribution is -2.02. The molecule has 0 aliphatic carbocycles. The smallest absolute Gasteiger partial charge is 0.0928 e. The highest BCUT2D eigenvalue weighted by molar-refractivity contribution is 5.23. The highest BCUT2D eigenvalue weighted by Gasteiger charge is 2.08. The van der Waals surface area contributed by atoms with Gasteiger partial charge in [0.25, 0.3) is 0 Å². The Morgan fingerprint density at radius 1 is 1.38 bits per heavy atom. The molecule has 0 aliphatic heterocycles. The van der Waals surface area contributed by atoms with Crippen LogP contribution in [0.25, 0.3) is 0 Å². The lowest BCUT2D eigenvalue weighted by Gasteiger charge is -2.05. The Bertz CT molecular complexity index is 496. The largest absolute Gasteiger partial charge is 0.390 e. The number of rotatable bonds is 3. The molecule has 0 aliphatic rings. The van der Waals surface area contributed by atoms with Gasteiger partial charge in [-0.05, 0) is 25.5 Å². The van der Waals surface area contributed by atoms with E-state index in [-0.39, 0.29) is 6.61 Å². The number of hydrogen-bond acceptors (Lipinski definition) is 2. The Kier molecular flexibility index (Phi) is 2.83. The zero-order valence-electron chi connectivity index (χ0n) is 9.94. The average Bonchev–Trinajstić information content (AvgIpc) is 2.76. The van der Waals surface area contributed by atoms with Gasteiger partial charge in [0.1, 0.15) is 0 Å². The molecule has 0 saturated carbocycles. The van der Waals surface area contributed by atoms with Crippen LogP contribution in [0.4, 0.5) is 0 Å². The lowest BCUT2D eigenvalue weighted by molar-refractivity contribution is 0.274. The first-order chi connectivity index (χ1) is 7.61. The molecule has 0 atom stereocenters. The second-order valence-corrected chi connectivity index (χ2v) is 4.14. The minimum atomic E-state index is -0.00449. The van der Waals surface area contributed by atoms with Gasteiger partial charge >= 0.3 is 0 Å². The van der Waals surface area contributed by atoms with Gasteiger partial charge in [0.05, 0.1) is 18.8 Å². The number of hydrogen-bond donors (Lipinski definition) is 1. The summed E-state index contributed by atoms with van der Waals surface area (Å²) in [6, 6.07) is 2.10. The summed E-state index contributed by atoms with van der Waals surface area (Å²) >= 11 is 0. The van der Waals surface area contributed by atoms with Crippen LogP contribution < -0.4 is 0 Å². The molecule has 0 amide bonds. The predicted octanol–water partition coefficient (Wildman–Crippen LogP) is 1.38. The summed E-state index contributed by atoms with van der Waals surface area (Å²) in [6.07, 6.45) is 4.03. The number of aliphatic hydroxyl groups excluding tert-OH is 1. The van der Waals surface area contributed by atoms with E-state index in [9.17, 15) is 5.11 Å². The van der Waals surface area contributed by atoms with Crippen LogP contribution in [0, 0.1) is 13.8 Å². The van der Waals surface area contributed by atoms with Gasteiger partial charge < -0.3 is 9.67 Å². The molecule has 0 radical (unpaired) electrons. The van der Waals surface area contributed by atoms with Gasteiger partial charge in [-0.25, -0.2) is 0 Å². The maximum atomic E-state index is 9.20. The van der Waals surface area contributed by atoms with Crippen LogP contribution in [0.5, 0.6) is 0 Å². The fourth-order valence-electron chi connectivity index (χ4n) is 1.86.